The number of carbonyl (C=O) groups is 3. The van der Waals surface area contributed by atoms with Crippen LogP contribution in [0.5, 0.6) is 5.75 Å². The van der Waals surface area contributed by atoms with Crippen LogP contribution in [0.3, 0.4) is 0 Å². The number of carbonyl (C=O) groups excluding carboxylic acids is 3. The maximum absolute atomic E-state index is 13.1. The zero-order valence-electron chi connectivity index (χ0n) is 19.3. The number of hydrogen-bond donors (Lipinski definition) is 1. The van der Waals surface area contributed by atoms with E-state index < -0.39 is 11.9 Å². The van der Waals surface area contributed by atoms with E-state index in [0.717, 1.165) is 42.7 Å². The molecule has 0 spiro atoms. The molecule has 3 aliphatic heterocycles. The number of aromatic nitrogens is 1. The van der Waals surface area contributed by atoms with Crippen molar-refractivity contribution in [3.63, 3.8) is 0 Å². The zero-order valence-corrected chi connectivity index (χ0v) is 19.3. The number of nitrogens with zero attached hydrogens (tertiary/aromatic N) is 3. The van der Waals surface area contributed by atoms with Gasteiger partial charge in [-0.2, -0.15) is 0 Å². The second kappa shape index (κ2) is 8.78. The molecule has 2 aromatic carbocycles. The van der Waals surface area contributed by atoms with Crippen molar-refractivity contribution in [2.45, 2.75) is 44.5 Å². The van der Waals surface area contributed by atoms with Gasteiger partial charge in [0.2, 0.25) is 11.8 Å². The molecular formula is C27H26N4O4. The molecule has 0 aliphatic carbocycles. The highest BCUT2D eigenvalue weighted by Crippen LogP contribution is 2.31. The molecule has 4 heterocycles. The Morgan fingerprint density at radius 2 is 1.89 bits per heavy atom. The highest BCUT2D eigenvalue weighted by atomic mass is 16.5. The van der Waals surface area contributed by atoms with E-state index in [4.69, 9.17) is 4.74 Å². The molecule has 1 aromatic heterocycles. The van der Waals surface area contributed by atoms with E-state index in [0.29, 0.717) is 24.3 Å². The topological polar surface area (TPSA) is 91.8 Å². The van der Waals surface area contributed by atoms with Crippen LogP contribution >= 0.6 is 0 Å². The third-order valence-corrected chi connectivity index (χ3v) is 7.10. The van der Waals surface area contributed by atoms with Crippen LogP contribution in [0, 0.1) is 0 Å². The molecule has 2 atom stereocenters. The van der Waals surface area contributed by atoms with Crippen LogP contribution in [0.25, 0.3) is 10.8 Å². The van der Waals surface area contributed by atoms with Crippen LogP contribution < -0.4 is 10.1 Å². The van der Waals surface area contributed by atoms with Gasteiger partial charge in [-0.05, 0) is 42.0 Å². The molecule has 3 aliphatic rings. The van der Waals surface area contributed by atoms with Gasteiger partial charge in [-0.15, -0.1) is 0 Å². The first-order chi connectivity index (χ1) is 17.0. The van der Waals surface area contributed by atoms with E-state index >= 15 is 0 Å². The summed E-state index contributed by atoms with van der Waals surface area (Å²) in [6.07, 6.45) is 3.47. The third kappa shape index (κ3) is 4.25. The van der Waals surface area contributed by atoms with Crippen LogP contribution in [0.1, 0.15) is 40.9 Å². The average Bonchev–Trinajstić information content (AvgIpc) is 3.43. The Morgan fingerprint density at radius 1 is 1.03 bits per heavy atom. The number of likely N-dealkylation sites (tertiary alicyclic amines) is 1. The van der Waals surface area contributed by atoms with Crippen molar-refractivity contribution >= 4 is 28.5 Å². The Kier molecular flexibility index (Phi) is 5.45. The normalized spacial score (nSPS) is 22.5. The van der Waals surface area contributed by atoms with Crippen molar-refractivity contribution in [3.8, 4) is 5.75 Å². The lowest BCUT2D eigenvalue weighted by molar-refractivity contribution is -0.136. The number of imide groups is 1. The number of pyridine rings is 1. The van der Waals surface area contributed by atoms with E-state index in [1.807, 2.05) is 30.5 Å². The van der Waals surface area contributed by atoms with Gasteiger partial charge in [-0.3, -0.25) is 29.6 Å². The average molecular weight is 471 g/mol. The summed E-state index contributed by atoms with van der Waals surface area (Å²) < 4.78 is 6.25. The largest absolute Gasteiger partial charge is 0.489 e. The lowest BCUT2D eigenvalue weighted by atomic mass is 10.0. The van der Waals surface area contributed by atoms with E-state index in [-0.39, 0.29) is 24.3 Å². The predicted molar refractivity (Wildman–Crippen MR) is 129 cm³/mol. The smallest absolute Gasteiger partial charge is 0.255 e. The molecule has 178 valence electrons. The molecule has 8 heteroatoms. The van der Waals surface area contributed by atoms with Gasteiger partial charge in [0.1, 0.15) is 17.9 Å². The van der Waals surface area contributed by atoms with Gasteiger partial charge >= 0.3 is 0 Å². The molecule has 3 amide bonds. The van der Waals surface area contributed by atoms with Gasteiger partial charge < -0.3 is 9.64 Å². The minimum Gasteiger partial charge on any atom is -0.489 e. The number of hydrogen-bond acceptors (Lipinski definition) is 6. The van der Waals surface area contributed by atoms with E-state index in [1.54, 1.807) is 11.0 Å². The first-order valence-corrected chi connectivity index (χ1v) is 12.0. The Balaban J connectivity index is 1.09. The number of ether oxygens (including phenoxy) is 1. The predicted octanol–water partition coefficient (Wildman–Crippen LogP) is 2.65. The Labute approximate surface area is 202 Å². The summed E-state index contributed by atoms with van der Waals surface area (Å²) in [5.41, 5.74) is 2.49. The SMILES string of the molecule is O=C1CCC(N2Cc3ccc(O[C@H]4CCN(Cc5cc6ccccc6cn5)C4)cc3C2=O)C(=O)N1. The molecule has 35 heavy (non-hydrogen) atoms. The molecule has 1 N–H and O–H groups in total. The molecule has 6 rings (SSSR count). The second-order valence-electron chi connectivity index (χ2n) is 9.51. The van der Waals surface area contributed by atoms with Crippen molar-refractivity contribution in [1.29, 1.82) is 0 Å². The van der Waals surface area contributed by atoms with Gasteiger partial charge in [0.15, 0.2) is 0 Å². The van der Waals surface area contributed by atoms with Gasteiger partial charge in [-0.1, -0.05) is 30.3 Å². The molecule has 8 nitrogen and oxygen atoms in total. The number of nitrogens with one attached hydrogen (secondary N) is 1. The lowest BCUT2D eigenvalue weighted by Crippen LogP contribution is -2.52. The number of piperidine rings is 1. The summed E-state index contributed by atoms with van der Waals surface area (Å²) in [4.78, 5) is 45.3. The van der Waals surface area contributed by atoms with Crippen LogP contribution in [-0.4, -0.2) is 57.7 Å². The van der Waals surface area contributed by atoms with E-state index in [1.165, 1.54) is 5.39 Å². The Morgan fingerprint density at radius 3 is 2.74 bits per heavy atom. The summed E-state index contributed by atoms with van der Waals surface area (Å²) in [6.45, 7) is 2.86. The molecule has 2 saturated heterocycles. The van der Waals surface area contributed by atoms with Crippen LogP contribution in [0.15, 0.2) is 54.7 Å². The van der Waals surface area contributed by atoms with Crippen molar-refractivity contribution in [1.82, 2.24) is 20.1 Å². The van der Waals surface area contributed by atoms with Gasteiger partial charge in [0.25, 0.3) is 5.91 Å². The molecule has 0 radical (unpaired) electrons. The highest BCUT2D eigenvalue weighted by molar-refractivity contribution is 6.05. The summed E-state index contributed by atoms with van der Waals surface area (Å²) >= 11 is 0. The zero-order chi connectivity index (χ0) is 23.9. The molecule has 0 saturated carbocycles. The van der Waals surface area contributed by atoms with Crippen molar-refractivity contribution < 1.29 is 19.1 Å². The van der Waals surface area contributed by atoms with Crippen molar-refractivity contribution in [2.75, 3.05) is 13.1 Å². The standard InChI is InChI=1S/C27H26N4O4/c32-25-8-7-24(26(33)29-25)31-14-19-5-6-21(12-23(19)27(31)34)35-22-9-10-30(16-22)15-20-11-17-3-1-2-4-18(17)13-28-20/h1-6,11-13,22,24H,7-10,14-16H2,(H,29,32,33)/t22-,24?/m0/s1. The van der Waals surface area contributed by atoms with E-state index in [9.17, 15) is 14.4 Å². The molecule has 2 fully saturated rings. The lowest BCUT2D eigenvalue weighted by Gasteiger charge is -2.29. The summed E-state index contributed by atoms with van der Waals surface area (Å²) in [5, 5.41) is 4.67. The fourth-order valence-corrected chi connectivity index (χ4v) is 5.28. The summed E-state index contributed by atoms with van der Waals surface area (Å²) in [5.74, 6) is -0.202. The Bertz CT molecular complexity index is 1340. The first kappa shape index (κ1) is 21.7. The number of rotatable bonds is 5. The number of fused-ring (bicyclic) bond motifs is 2. The monoisotopic (exact) mass is 470 g/mol. The Hall–Kier alpha value is -3.78. The highest BCUT2D eigenvalue weighted by Gasteiger charge is 2.39. The van der Waals surface area contributed by atoms with Crippen LogP contribution in [0.2, 0.25) is 0 Å². The second-order valence-corrected chi connectivity index (χ2v) is 9.51. The fraction of sp³-hybridized carbons (Fsp3) is 0.333. The van der Waals surface area contributed by atoms with Crippen LogP contribution in [-0.2, 0) is 22.7 Å². The summed E-state index contributed by atoms with van der Waals surface area (Å²) in [7, 11) is 0. The molecule has 0 bridgehead atoms. The number of amides is 3. The summed E-state index contributed by atoms with van der Waals surface area (Å²) in [6, 6.07) is 15.4. The number of benzene rings is 2. The molecule has 1 unspecified atom stereocenters. The maximum atomic E-state index is 13.1. The fourth-order valence-electron chi connectivity index (χ4n) is 5.28. The van der Waals surface area contributed by atoms with E-state index in [2.05, 4.69) is 33.4 Å². The van der Waals surface area contributed by atoms with Gasteiger partial charge in [0.05, 0.1) is 5.69 Å². The van der Waals surface area contributed by atoms with Gasteiger partial charge in [0, 0.05) is 49.7 Å². The van der Waals surface area contributed by atoms with Crippen molar-refractivity contribution in [3.05, 3.63) is 71.5 Å². The first-order valence-electron chi connectivity index (χ1n) is 12.0. The molecule has 3 aromatic rings. The quantitative estimate of drug-likeness (QED) is 0.577. The van der Waals surface area contributed by atoms with Crippen molar-refractivity contribution in [2.24, 2.45) is 0 Å². The van der Waals surface area contributed by atoms with Crippen LogP contribution in [0.4, 0.5) is 0 Å². The minimum absolute atomic E-state index is 0.0382. The minimum atomic E-state index is -0.607. The maximum Gasteiger partial charge on any atom is 0.255 e. The third-order valence-electron chi connectivity index (χ3n) is 7.10. The van der Waals surface area contributed by atoms with Gasteiger partial charge in [-0.25, -0.2) is 0 Å². The molecular weight excluding hydrogens is 444 g/mol.